The molecule has 1 saturated carbocycles. The zero-order chi connectivity index (χ0) is 19.7. The summed E-state index contributed by atoms with van der Waals surface area (Å²) in [7, 11) is 0. The van der Waals surface area contributed by atoms with Gasteiger partial charge in [0.15, 0.2) is 0 Å². The van der Waals surface area contributed by atoms with Gasteiger partial charge in [0.1, 0.15) is 12.0 Å². The molecule has 144 valence electrons. The summed E-state index contributed by atoms with van der Waals surface area (Å²) in [6, 6.07) is 6.60. The van der Waals surface area contributed by atoms with E-state index in [2.05, 4.69) is 15.3 Å². The monoisotopic (exact) mass is 383 g/mol. The number of aromatic nitrogens is 2. The van der Waals surface area contributed by atoms with Gasteiger partial charge in [-0.3, -0.25) is 10.1 Å². The third-order valence-corrected chi connectivity index (χ3v) is 4.85. The molecule has 9 nitrogen and oxygen atoms in total. The summed E-state index contributed by atoms with van der Waals surface area (Å²) in [4.78, 5) is 23.1. The maximum absolute atomic E-state index is 14.2. The SMILES string of the molecule is N#Cc1ccc(N2CCN(c3ncc([N+](=O)[O-])c(NC4CC4)n3)CC2)c(F)c1. The third kappa shape index (κ3) is 3.64. The highest BCUT2D eigenvalue weighted by Crippen LogP contribution is 2.30. The highest BCUT2D eigenvalue weighted by Gasteiger charge is 2.28. The first-order chi connectivity index (χ1) is 13.5. The molecule has 1 aliphatic heterocycles. The van der Waals surface area contributed by atoms with Gasteiger partial charge >= 0.3 is 5.69 Å². The van der Waals surface area contributed by atoms with Crippen LogP contribution >= 0.6 is 0 Å². The molecule has 1 aliphatic carbocycles. The van der Waals surface area contributed by atoms with Crippen LogP contribution in [0, 0.1) is 27.3 Å². The van der Waals surface area contributed by atoms with Crippen LogP contribution in [0.25, 0.3) is 0 Å². The number of rotatable bonds is 5. The van der Waals surface area contributed by atoms with Crippen LogP contribution in [0.3, 0.4) is 0 Å². The van der Waals surface area contributed by atoms with Gasteiger partial charge in [-0.05, 0) is 31.0 Å². The van der Waals surface area contributed by atoms with E-state index in [0.717, 1.165) is 12.8 Å². The van der Waals surface area contributed by atoms with Gasteiger partial charge in [0.25, 0.3) is 0 Å². The van der Waals surface area contributed by atoms with Crippen molar-refractivity contribution in [1.82, 2.24) is 9.97 Å². The van der Waals surface area contributed by atoms with Crippen LogP contribution in [0.15, 0.2) is 24.4 Å². The molecule has 0 atom stereocenters. The topological polar surface area (TPSA) is 111 Å². The Morgan fingerprint density at radius 2 is 1.96 bits per heavy atom. The zero-order valence-corrected chi connectivity index (χ0v) is 15.0. The number of anilines is 3. The lowest BCUT2D eigenvalue weighted by atomic mass is 10.2. The lowest BCUT2D eigenvalue weighted by molar-refractivity contribution is -0.384. The van der Waals surface area contributed by atoms with E-state index in [9.17, 15) is 14.5 Å². The second-order valence-corrected chi connectivity index (χ2v) is 6.83. The fraction of sp³-hybridized carbons (Fsp3) is 0.389. The van der Waals surface area contributed by atoms with Crippen molar-refractivity contribution >= 4 is 23.1 Å². The molecular weight excluding hydrogens is 365 g/mol. The van der Waals surface area contributed by atoms with Crippen molar-refractivity contribution in [2.24, 2.45) is 0 Å². The smallest absolute Gasteiger partial charge is 0.329 e. The fourth-order valence-corrected chi connectivity index (χ4v) is 3.16. The van der Waals surface area contributed by atoms with Gasteiger partial charge in [0.05, 0.1) is 22.2 Å². The number of hydrogen-bond acceptors (Lipinski definition) is 8. The first-order valence-electron chi connectivity index (χ1n) is 9.02. The molecule has 4 rings (SSSR count). The van der Waals surface area contributed by atoms with Crippen LogP contribution in [0.5, 0.6) is 0 Å². The molecule has 2 aliphatic rings. The van der Waals surface area contributed by atoms with E-state index >= 15 is 0 Å². The molecule has 0 radical (unpaired) electrons. The molecular formula is C18H18FN7O2. The second kappa shape index (κ2) is 7.26. The Kier molecular flexibility index (Phi) is 4.65. The lowest BCUT2D eigenvalue weighted by Crippen LogP contribution is -2.47. The number of hydrogen-bond donors (Lipinski definition) is 1. The Bertz CT molecular complexity index is 949. The molecule has 2 aromatic rings. The minimum Gasteiger partial charge on any atom is -0.366 e. The summed E-state index contributed by atoms with van der Waals surface area (Å²) < 4.78 is 14.2. The van der Waals surface area contributed by atoms with E-state index < -0.39 is 10.7 Å². The summed E-state index contributed by atoms with van der Waals surface area (Å²) in [5.41, 5.74) is 0.614. The summed E-state index contributed by atoms with van der Waals surface area (Å²) in [6.45, 7) is 2.21. The average molecular weight is 383 g/mol. The quantitative estimate of drug-likeness (QED) is 0.618. The molecule has 0 spiro atoms. The van der Waals surface area contributed by atoms with Gasteiger partial charge in [0, 0.05) is 32.2 Å². The molecule has 28 heavy (non-hydrogen) atoms. The molecule has 0 unspecified atom stereocenters. The van der Waals surface area contributed by atoms with Gasteiger partial charge in [0.2, 0.25) is 11.8 Å². The largest absolute Gasteiger partial charge is 0.366 e. The number of nitrogens with zero attached hydrogens (tertiary/aromatic N) is 6. The first kappa shape index (κ1) is 17.9. The second-order valence-electron chi connectivity index (χ2n) is 6.83. The molecule has 2 heterocycles. The molecule has 0 bridgehead atoms. The normalized spacial score (nSPS) is 16.6. The Morgan fingerprint density at radius 3 is 2.57 bits per heavy atom. The highest BCUT2D eigenvalue weighted by molar-refractivity contribution is 5.59. The predicted octanol–water partition coefficient (Wildman–Crippen LogP) is 2.30. The van der Waals surface area contributed by atoms with E-state index in [1.807, 2.05) is 15.9 Å². The molecule has 1 N–H and O–H groups in total. The van der Waals surface area contributed by atoms with Crippen molar-refractivity contribution in [3.05, 3.63) is 45.9 Å². The van der Waals surface area contributed by atoms with E-state index in [1.165, 1.54) is 12.3 Å². The average Bonchev–Trinajstić information content (AvgIpc) is 3.52. The maximum atomic E-state index is 14.2. The van der Waals surface area contributed by atoms with Crippen molar-refractivity contribution in [2.45, 2.75) is 18.9 Å². The van der Waals surface area contributed by atoms with E-state index in [-0.39, 0.29) is 23.1 Å². The highest BCUT2D eigenvalue weighted by atomic mass is 19.1. The molecule has 1 saturated heterocycles. The van der Waals surface area contributed by atoms with Gasteiger partial charge in [-0.1, -0.05) is 0 Å². The van der Waals surface area contributed by atoms with Gasteiger partial charge < -0.3 is 15.1 Å². The van der Waals surface area contributed by atoms with E-state index in [0.29, 0.717) is 37.8 Å². The number of halogens is 1. The number of nitriles is 1. The molecule has 2 fully saturated rings. The predicted molar refractivity (Wildman–Crippen MR) is 101 cm³/mol. The summed E-state index contributed by atoms with van der Waals surface area (Å²) >= 11 is 0. The number of nitro groups is 1. The Balaban J connectivity index is 1.47. The van der Waals surface area contributed by atoms with Crippen molar-refractivity contribution in [1.29, 1.82) is 5.26 Å². The van der Waals surface area contributed by atoms with Crippen LogP contribution in [0.1, 0.15) is 18.4 Å². The third-order valence-electron chi connectivity index (χ3n) is 4.85. The molecule has 0 amide bonds. The van der Waals surface area contributed by atoms with E-state index in [4.69, 9.17) is 5.26 Å². The summed E-state index contributed by atoms with van der Waals surface area (Å²) in [5.74, 6) is 0.252. The van der Waals surface area contributed by atoms with Crippen molar-refractivity contribution in [2.75, 3.05) is 41.3 Å². The van der Waals surface area contributed by atoms with Crippen LogP contribution in [0.4, 0.5) is 27.5 Å². The number of piperazine rings is 1. The van der Waals surface area contributed by atoms with E-state index in [1.54, 1.807) is 12.1 Å². The van der Waals surface area contributed by atoms with Gasteiger partial charge in [-0.25, -0.2) is 9.37 Å². The Morgan fingerprint density at radius 1 is 1.25 bits per heavy atom. The minimum absolute atomic E-state index is 0.131. The Labute approximate surface area is 160 Å². The summed E-state index contributed by atoms with van der Waals surface area (Å²) in [5, 5.41) is 23.2. The minimum atomic E-state index is -0.486. The summed E-state index contributed by atoms with van der Waals surface area (Å²) in [6.07, 6.45) is 3.19. The first-order valence-corrected chi connectivity index (χ1v) is 9.02. The van der Waals surface area contributed by atoms with Crippen molar-refractivity contribution in [3.63, 3.8) is 0 Å². The van der Waals surface area contributed by atoms with Crippen LogP contribution in [-0.2, 0) is 0 Å². The molecule has 1 aromatic heterocycles. The molecule has 1 aromatic carbocycles. The lowest BCUT2D eigenvalue weighted by Gasteiger charge is -2.36. The Hall–Kier alpha value is -3.48. The molecule has 10 heteroatoms. The van der Waals surface area contributed by atoms with Gasteiger partial charge in [-0.15, -0.1) is 0 Å². The van der Waals surface area contributed by atoms with Crippen LogP contribution in [-0.4, -0.2) is 47.1 Å². The number of nitrogens with one attached hydrogen (secondary N) is 1. The standard InChI is InChI=1S/C18H18FN7O2/c19-14-9-12(10-20)1-4-15(14)24-5-7-25(8-6-24)18-21-11-16(26(27)28)17(23-18)22-13-2-3-13/h1,4,9,11,13H,2-3,5-8H2,(H,21,22,23). The maximum Gasteiger partial charge on any atom is 0.329 e. The van der Waals surface area contributed by atoms with Crippen LogP contribution < -0.4 is 15.1 Å². The fourth-order valence-electron chi connectivity index (χ4n) is 3.16. The zero-order valence-electron chi connectivity index (χ0n) is 15.0. The van der Waals surface area contributed by atoms with Crippen molar-refractivity contribution < 1.29 is 9.31 Å². The van der Waals surface area contributed by atoms with Crippen LogP contribution in [0.2, 0.25) is 0 Å². The van der Waals surface area contributed by atoms with Crippen molar-refractivity contribution in [3.8, 4) is 6.07 Å². The number of benzene rings is 1. The van der Waals surface area contributed by atoms with Gasteiger partial charge in [-0.2, -0.15) is 10.2 Å².